The summed E-state index contributed by atoms with van der Waals surface area (Å²) in [6.45, 7) is 14.7. The van der Waals surface area contributed by atoms with Crippen LogP contribution < -0.4 is 0 Å². The van der Waals surface area contributed by atoms with Crippen molar-refractivity contribution in [3.05, 3.63) is 12.2 Å². The Morgan fingerprint density at radius 2 is 1.76 bits per heavy atom. The lowest BCUT2D eigenvalue weighted by atomic mass is 9.44. The number of fused-ring (bicyclic) bond motifs is 3. The van der Waals surface area contributed by atoms with Crippen molar-refractivity contribution in [1.29, 1.82) is 0 Å². The molecule has 0 aromatic heterocycles. The summed E-state index contributed by atoms with van der Waals surface area (Å²) >= 11 is 0. The van der Waals surface area contributed by atoms with Gasteiger partial charge in [-0.25, -0.2) is 0 Å². The Hall–Kier alpha value is -0.830. The van der Waals surface area contributed by atoms with Crippen LogP contribution in [0.5, 0.6) is 0 Å². The third kappa shape index (κ3) is 3.18. The lowest BCUT2D eigenvalue weighted by molar-refractivity contribution is -0.187. The maximum Gasteiger partial charge on any atom is 0.302 e. The molecule has 0 aromatic carbocycles. The zero-order valence-corrected chi connectivity index (χ0v) is 16.7. The molecule has 0 bridgehead atoms. The van der Waals surface area contributed by atoms with Crippen molar-refractivity contribution in [2.45, 2.75) is 84.8 Å². The van der Waals surface area contributed by atoms with Crippen molar-refractivity contribution in [3.8, 4) is 0 Å². The Kier molecular flexibility index (Phi) is 4.85. The van der Waals surface area contributed by atoms with Gasteiger partial charge in [0.1, 0.15) is 6.10 Å². The molecule has 3 saturated carbocycles. The van der Waals surface area contributed by atoms with Gasteiger partial charge in [-0.15, -0.1) is 0 Å². The standard InChI is InChI=1S/C22H36O3/c1-13(2)16-7-12-22(6,24)17-8-10-21(5)11-9-18(25-15(4)23)14(3)20(21)19(16)17/h14,16-20,24H,1,7-12H2,2-6H3/t14-,16-,17+,18-,19-,20+,21-,22+/m0/s1. The highest BCUT2D eigenvalue weighted by Gasteiger charge is 2.59. The van der Waals surface area contributed by atoms with Gasteiger partial charge >= 0.3 is 5.97 Å². The highest BCUT2D eigenvalue weighted by molar-refractivity contribution is 5.66. The smallest absolute Gasteiger partial charge is 0.302 e. The number of esters is 1. The molecule has 3 aliphatic rings. The molecule has 0 amide bonds. The molecule has 0 aromatic rings. The van der Waals surface area contributed by atoms with Gasteiger partial charge < -0.3 is 9.84 Å². The topological polar surface area (TPSA) is 46.5 Å². The van der Waals surface area contributed by atoms with Gasteiger partial charge in [0.2, 0.25) is 0 Å². The summed E-state index contributed by atoms with van der Waals surface area (Å²) < 4.78 is 5.70. The van der Waals surface area contributed by atoms with Crippen LogP contribution in [-0.4, -0.2) is 22.8 Å². The SMILES string of the molecule is C=C(C)[C@@H]1CC[C@@](C)(O)[C@@H]2CC[C@@]3(C)CC[C@H](OC(C)=O)[C@H](C)[C@@H]3[C@H]21. The molecule has 1 N–H and O–H groups in total. The molecule has 25 heavy (non-hydrogen) atoms. The van der Waals surface area contributed by atoms with E-state index >= 15 is 0 Å². The molecular formula is C22H36O3. The van der Waals surface area contributed by atoms with Crippen LogP contribution in [0, 0.1) is 35.0 Å². The second kappa shape index (κ2) is 6.40. The van der Waals surface area contributed by atoms with Crippen molar-refractivity contribution in [2.75, 3.05) is 0 Å². The van der Waals surface area contributed by atoms with Crippen molar-refractivity contribution in [1.82, 2.24) is 0 Å². The van der Waals surface area contributed by atoms with Gasteiger partial charge in [-0.1, -0.05) is 26.0 Å². The minimum atomic E-state index is -0.577. The summed E-state index contributed by atoms with van der Waals surface area (Å²) in [4.78, 5) is 11.6. The minimum Gasteiger partial charge on any atom is -0.462 e. The summed E-state index contributed by atoms with van der Waals surface area (Å²) in [6.07, 6.45) is 6.30. The molecule has 8 atom stereocenters. The third-order valence-corrected chi connectivity index (χ3v) is 8.04. The molecular weight excluding hydrogens is 312 g/mol. The lowest BCUT2D eigenvalue weighted by Crippen LogP contribution is -2.59. The first-order valence-electron chi connectivity index (χ1n) is 10.1. The van der Waals surface area contributed by atoms with E-state index in [9.17, 15) is 9.90 Å². The Morgan fingerprint density at radius 1 is 1.12 bits per heavy atom. The van der Waals surface area contributed by atoms with Gasteiger partial charge in [0.25, 0.3) is 0 Å². The number of rotatable bonds is 2. The van der Waals surface area contributed by atoms with Gasteiger partial charge in [0, 0.05) is 6.92 Å². The predicted octanol–water partition coefficient (Wildman–Crippen LogP) is 4.73. The first kappa shape index (κ1) is 18.9. The molecule has 0 saturated heterocycles. The highest BCUT2D eigenvalue weighted by Crippen LogP contribution is 2.63. The fraction of sp³-hybridized carbons (Fsp3) is 0.864. The summed E-state index contributed by atoms with van der Waals surface area (Å²) in [5, 5.41) is 11.1. The van der Waals surface area contributed by atoms with E-state index in [1.807, 2.05) is 6.92 Å². The van der Waals surface area contributed by atoms with Crippen molar-refractivity contribution < 1.29 is 14.6 Å². The lowest BCUT2D eigenvalue weighted by Gasteiger charge is -2.62. The number of aliphatic hydroxyl groups is 1. The van der Waals surface area contributed by atoms with Crippen LogP contribution in [0.1, 0.15) is 73.1 Å². The molecule has 3 heteroatoms. The molecule has 3 fully saturated rings. The molecule has 0 unspecified atom stereocenters. The van der Waals surface area contributed by atoms with Gasteiger partial charge in [-0.3, -0.25) is 4.79 Å². The van der Waals surface area contributed by atoms with Crippen LogP contribution in [0.3, 0.4) is 0 Å². The normalized spacial score (nSPS) is 49.7. The number of hydrogen-bond donors (Lipinski definition) is 1. The van der Waals surface area contributed by atoms with Crippen LogP contribution in [0.2, 0.25) is 0 Å². The van der Waals surface area contributed by atoms with E-state index in [0.29, 0.717) is 35.0 Å². The number of allylic oxidation sites excluding steroid dienone is 1. The monoisotopic (exact) mass is 348 g/mol. The van der Waals surface area contributed by atoms with Crippen molar-refractivity contribution in [3.63, 3.8) is 0 Å². The van der Waals surface area contributed by atoms with Crippen LogP contribution in [0.15, 0.2) is 12.2 Å². The quantitative estimate of drug-likeness (QED) is 0.579. The molecule has 3 aliphatic carbocycles. The number of carbonyl (C=O) groups excluding carboxylic acids is 1. The molecule has 0 aliphatic heterocycles. The second-order valence-electron chi connectivity index (χ2n) is 9.80. The highest BCUT2D eigenvalue weighted by atomic mass is 16.5. The number of hydrogen-bond acceptors (Lipinski definition) is 3. The third-order valence-electron chi connectivity index (χ3n) is 8.04. The van der Waals surface area contributed by atoms with E-state index < -0.39 is 5.60 Å². The van der Waals surface area contributed by atoms with E-state index in [2.05, 4.69) is 27.4 Å². The van der Waals surface area contributed by atoms with Gasteiger partial charge in [0.05, 0.1) is 5.60 Å². The zero-order chi connectivity index (χ0) is 18.6. The summed E-state index contributed by atoms with van der Waals surface area (Å²) in [5.74, 6) is 1.92. The van der Waals surface area contributed by atoms with E-state index in [4.69, 9.17) is 4.74 Å². The summed E-state index contributed by atoms with van der Waals surface area (Å²) in [5.41, 5.74) is 0.973. The molecule has 3 rings (SSSR count). The van der Waals surface area contributed by atoms with Gasteiger partial charge in [0.15, 0.2) is 0 Å². The maximum atomic E-state index is 11.6. The fourth-order valence-electron chi connectivity index (χ4n) is 6.84. The Bertz CT molecular complexity index is 551. The second-order valence-corrected chi connectivity index (χ2v) is 9.80. The van der Waals surface area contributed by atoms with Crippen LogP contribution in [0.4, 0.5) is 0 Å². The fourth-order valence-corrected chi connectivity index (χ4v) is 6.84. The minimum absolute atomic E-state index is 0.0203. The molecule has 3 nitrogen and oxygen atoms in total. The maximum absolute atomic E-state index is 11.6. The van der Waals surface area contributed by atoms with Crippen molar-refractivity contribution in [2.24, 2.45) is 35.0 Å². The Morgan fingerprint density at radius 3 is 2.36 bits per heavy atom. The molecule has 0 spiro atoms. The Balaban J connectivity index is 1.99. The van der Waals surface area contributed by atoms with Crippen LogP contribution in [-0.2, 0) is 9.53 Å². The van der Waals surface area contributed by atoms with Crippen LogP contribution in [0.25, 0.3) is 0 Å². The van der Waals surface area contributed by atoms with Gasteiger partial charge in [-0.05, 0) is 87.4 Å². The van der Waals surface area contributed by atoms with E-state index in [-0.39, 0.29) is 12.1 Å². The zero-order valence-electron chi connectivity index (χ0n) is 16.7. The first-order chi connectivity index (χ1) is 11.6. The van der Waals surface area contributed by atoms with E-state index in [1.54, 1.807) is 0 Å². The average Bonchev–Trinajstić information content (AvgIpc) is 2.49. The summed E-state index contributed by atoms with van der Waals surface area (Å²) in [6, 6.07) is 0. The predicted molar refractivity (Wildman–Crippen MR) is 99.9 cm³/mol. The number of ether oxygens (including phenoxy) is 1. The molecule has 0 heterocycles. The van der Waals surface area contributed by atoms with Crippen molar-refractivity contribution >= 4 is 5.97 Å². The largest absolute Gasteiger partial charge is 0.462 e. The average molecular weight is 349 g/mol. The molecule has 0 radical (unpaired) electrons. The van der Waals surface area contributed by atoms with Crippen LogP contribution >= 0.6 is 0 Å². The van der Waals surface area contributed by atoms with E-state index in [0.717, 1.165) is 32.1 Å². The van der Waals surface area contributed by atoms with E-state index in [1.165, 1.54) is 18.9 Å². The first-order valence-corrected chi connectivity index (χ1v) is 10.1. The molecule has 142 valence electrons. The summed E-state index contributed by atoms with van der Waals surface area (Å²) in [7, 11) is 0. The Labute approximate surface area is 153 Å². The number of carbonyl (C=O) groups is 1. The van der Waals surface area contributed by atoms with Gasteiger partial charge in [-0.2, -0.15) is 0 Å².